The highest BCUT2D eigenvalue weighted by Crippen LogP contribution is 2.61. The minimum atomic E-state index is -0.0713. The van der Waals surface area contributed by atoms with Crippen molar-refractivity contribution in [1.82, 2.24) is 0 Å². The van der Waals surface area contributed by atoms with Crippen LogP contribution in [0.25, 0.3) is 0 Å². The molecule has 1 aromatic rings. The van der Waals surface area contributed by atoms with Crippen molar-refractivity contribution < 1.29 is 19.0 Å². The molecule has 0 amide bonds. The van der Waals surface area contributed by atoms with Crippen LogP contribution in [0.2, 0.25) is 5.02 Å². The first-order valence-corrected chi connectivity index (χ1v) is 10.2. The van der Waals surface area contributed by atoms with E-state index in [1.54, 1.807) is 6.07 Å². The lowest BCUT2D eigenvalue weighted by Crippen LogP contribution is -2.47. The van der Waals surface area contributed by atoms with Gasteiger partial charge in [0.05, 0.1) is 11.4 Å². The molecule has 26 heavy (non-hydrogen) atoms. The van der Waals surface area contributed by atoms with Gasteiger partial charge in [0.1, 0.15) is 19.8 Å². The third kappa shape index (κ3) is 3.06. The summed E-state index contributed by atoms with van der Waals surface area (Å²) in [5.74, 6) is 3.71. The maximum atomic E-state index is 12.6. The molecule has 0 spiro atoms. The first-order valence-electron chi connectivity index (χ1n) is 9.82. The summed E-state index contributed by atoms with van der Waals surface area (Å²) in [4.78, 5) is 12.6. The van der Waals surface area contributed by atoms with E-state index in [4.69, 9.17) is 25.8 Å². The van der Waals surface area contributed by atoms with Gasteiger partial charge in [-0.15, -0.1) is 0 Å². The van der Waals surface area contributed by atoms with Crippen LogP contribution in [0.5, 0.6) is 11.5 Å². The van der Waals surface area contributed by atoms with Crippen LogP contribution in [0.15, 0.2) is 12.1 Å². The summed E-state index contributed by atoms with van der Waals surface area (Å²) in [5, 5.41) is 0.509. The summed E-state index contributed by atoms with van der Waals surface area (Å²) in [6.45, 7) is 1.26. The number of halogens is 1. The molecule has 0 N–H and O–H groups in total. The average Bonchev–Trinajstić information content (AvgIpc) is 2.58. The fourth-order valence-corrected chi connectivity index (χ4v) is 6.56. The lowest BCUT2D eigenvalue weighted by molar-refractivity contribution is -0.153. The van der Waals surface area contributed by atoms with Crippen LogP contribution in [0.4, 0.5) is 0 Å². The van der Waals surface area contributed by atoms with Crippen molar-refractivity contribution in [3.8, 4) is 11.5 Å². The molecule has 4 aliphatic carbocycles. The van der Waals surface area contributed by atoms with Crippen molar-refractivity contribution in [2.45, 2.75) is 51.6 Å². The zero-order valence-corrected chi connectivity index (χ0v) is 15.7. The van der Waals surface area contributed by atoms with Gasteiger partial charge in [0, 0.05) is 0 Å². The second-order valence-electron chi connectivity index (χ2n) is 8.86. The van der Waals surface area contributed by atoms with Crippen LogP contribution in [0.1, 0.15) is 50.5 Å². The van der Waals surface area contributed by atoms with E-state index in [1.165, 1.54) is 38.5 Å². The molecular formula is C21H25ClO4. The number of fused-ring (bicyclic) bond motifs is 1. The number of esters is 1. The van der Waals surface area contributed by atoms with Gasteiger partial charge in [-0.05, 0) is 79.4 Å². The van der Waals surface area contributed by atoms with Crippen LogP contribution < -0.4 is 9.47 Å². The van der Waals surface area contributed by atoms with E-state index < -0.39 is 0 Å². The van der Waals surface area contributed by atoms with Gasteiger partial charge in [-0.25, -0.2) is 0 Å². The minimum absolute atomic E-state index is 0.0713. The van der Waals surface area contributed by atoms with Crippen LogP contribution in [0, 0.1) is 23.2 Å². The minimum Gasteiger partial charge on any atom is -0.486 e. The lowest BCUT2D eigenvalue weighted by Gasteiger charge is -2.56. The van der Waals surface area contributed by atoms with Gasteiger partial charge in [0.25, 0.3) is 0 Å². The number of rotatable bonds is 4. The molecule has 6 rings (SSSR count). The Labute approximate surface area is 159 Å². The summed E-state index contributed by atoms with van der Waals surface area (Å²) in [7, 11) is 0. The molecule has 5 heteroatoms. The number of hydrogen-bond acceptors (Lipinski definition) is 4. The Hall–Kier alpha value is -1.42. The van der Waals surface area contributed by atoms with Gasteiger partial charge >= 0.3 is 5.97 Å². The number of carbonyl (C=O) groups is 1. The van der Waals surface area contributed by atoms with Crippen molar-refractivity contribution >= 4 is 17.6 Å². The van der Waals surface area contributed by atoms with Crippen molar-refractivity contribution in [1.29, 1.82) is 0 Å². The maximum absolute atomic E-state index is 12.6. The first kappa shape index (κ1) is 16.7. The third-order valence-electron chi connectivity index (χ3n) is 6.74. The number of ether oxygens (including phenoxy) is 3. The Morgan fingerprint density at radius 2 is 1.73 bits per heavy atom. The Kier molecular flexibility index (Phi) is 4.07. The first-order chi connectivity index (χ1) is 12.6. The second-order valence-corrected chi connectivity index (χ2v) is 9.26. The van der Waals surface area contributed by atoms with Gasteiger partial charge in [-0.2, -0.15) is 0 Å². The van der Waals surface area contributed by atoms with Crippen molar-refractivity contribution in [3.63, 3.8) is 0 Å². The second kappa shape index (κ2) is 6.33. The largest absolute Gasteiger partial charge is 0.486 e. The van der Waals surface area contributed by atoms with E-state index in [0.717, 1.165) is 23.3 Å². The van der Waals surface area contributed by atoms with Crippen molar-refractivity contribution in [3.05, 3.63) is 22.7 Å². The summed E-state index contributed by atoms with van der Waals surface area (Å²) in [6, 6.07) is 3.66. The SMILES string of the molecule is O=C(CC12CC3CC(CC(C3)C1)C2)OCc1cc(Cl)c2c(c1)OCCO2. The predicted molar refractivity (Wildman–Crippen MR) is 97.5 cm³/mol. The average molecular weight is 377 g/mol. The molecule has 4 bridgehead atoms. The van der Waals surface area contributed by atoms with E-state index in [2.05, 4.69) is 0 Å². The van der Waals surface area contributed by atoms with E-state index in [1.807, 2.05) is 6.07 Å². The molecule has 0 unspecified atom stereocenters. The van der Waals surface area contributed by atoms with Gasteiger partial charge in [-0.1, -0.05) is 11.6 Å². The molecule has 4 saturated carbocycles. The summed E-state index contributed by atoms with van der Waals surface area (Å²) >= 11 is 6.26. The Morgan fingerprint density at radius 1 is 1.08 bits per heavy atom. The molecular weight excluding hydrogens is 352 g/mol. The van der Waals surface area contributed by atoms with Gasteiger partial charge in [-0.3, -0.25) is 4.79 Å². The fourth-order valence-electron chi connectivity index (χ4n) is 6.28. The van der Waals surface area contributed by atoms with E-state index in [9.17, 15) is 4.79 Å². The maximum Gasteiger partial charge on any atom is 0.306 e. The monoisotopic (exact) mass is 376 g/mol. The highest BCUT2D eigenvalue weighted by atomic mass is 35.5. The normalized spacial score (nSPS) is 34.0. The van der Waals surface area contributed by atoms with Crippen molar-refractivity contribution in [2.75, 3.05) is 13.2 Å². The van der Waals surface area contributed by atoms with Crippen molar-refractivity contribution in [2.24, 2.45) is 23.2 Å². The number of benzene rings is 1. The van der Waals surface area contributed by atoms with E-state index >= 15 is 0 Å². The molecule has 5 aliphatic rings. The number of carbonyl (C=O) groups excluding carboxylic acids is 1. The highest BCUT2D eigenvalue weighted by Gasteiger charge is 2.51. The summed E-state index contributed by atoms with van der Waals surface area (Å²) in [6.07, 6.45) is 8.44. The third-order valence-corrected chi connectivity index (χ3v) is 7.02. The zero-order valence-electron chi connectivity index (χ0n) is 15.0. The van der Waals surface area contributed by atoms with Gasteiger partial charge < -0.3 is 14.2 Å². The van der Waals surface area contributed by atoms with Crippen LogP contribution >= 0.6 is 11.6 Å². The Bertz CT molecular complexity index is 694. The topological polar surface area (TPSA) is 44.8 Å². The van der Waals surface area contributed by atoms with Crippen LogP contribution in [-0.4, -0.2) is 19.2 Å². The quantitative estimate of drug-likeness (QED) is 0.710. The summed E-state index contributed by atoms with van der Waals surface area (Å²) in [5.41, 5.74) is 1.06. The molecule has 4 nitrogen and oxygen atoms in total. The molecule has 140 valence electrons. The standard InChI is InChI=1S/C21H25ClO4/c22-17-6-16(7-18-20(17)25-2-1-24-18)12-26-19(23)11-21-8-13-3-14(9-21)5-15(4-13)10-21/h6-7,13-15H,1-5,8-12H2. The molecule has 4 fully saturated rings. The van der Waals surface area contributed by atoms with Gasteiger partial charge in [0.15, 0.2) is 11.5 Å². The molecule has 0 saturated heterocycles. The highest BCUT2D eigenvalue weighted by molar-refractivity contribution is 6.32. The lowest BCUT2D eigenvalue weighted by atomic mass is 9.49. The summed E-state index contributed by atoms with van der Waals surface area (Å²) < 4.78 is 16.7. The molecule has 0 radical (unpaired) electrons. The van der Waals surface area contributed by atoms with Crippen LogP contribution in [-0.2, 0) is 16.1 Å². The fraction of sp³-hybridized carbons (Fsp3) is 0.667. The predicted octanol–water partition coefficient (Wildman–Crippen LogP) is 4.76. The van der Waals surface area contributed by atoms with Crippen LogP contribution in [0.3, 0.4) is 0 Å². The Morgan fingerprint density at radius 3 is 2.42 bits per heavy atom. The van der Waals surface area contributed by atoms with E-state index in [0.29, 0.717) is 36.2 Å². The molecule has 0 aromatic heterocycles. The molecule has 1 aromatic carbocycles. The number of hydrogen-bond donors (Lipinski definition) is 0. The van der Waals surface area contributed by atoms with Gasteiger partial charge in [0.2, 0.25) is 0 Å². The zero-order chi connectivity index (χ0) is 17.7. The Balaban J connectivity index is 1.22. The molecule has 1 aliphatic heterocycles. The molecule has 1 heterocycles. The smallest absolute Gasteiger partial charge is 0.306 e. The van der Waals surface area contributed by atoms with E-state index in [-0.39, 0.29) is 18.0 Å². The molecule has 0 atom stereocenters.